The van der Waals surface area contributed by atoms with Crippen molar-refractivity contribution in [2.24, 2.45) is 5.92 Å². The van der Waals surface area contributed by atoms with Crippen molar-refractivity contribution in [1.82, 2.24) is 15.1 Å². The van der Waals surface area contributed by atoms with Gasteiger partial charge in [0, 0.05) is 32.2 Å². The third-order valence-electron chi connectivity index (χ3n) is 5.25. The molecule has 3 rings (SSSR count). The van der Waals surface area contributed by atoms with Crippen molar-refractivity contribution in [2.75, 3.05) is 32.7 Å². The van der Waals surface area contributed by atoms with Crippen LogP contribution in [-0.4, -0.2) is 60.5 Å². The van der Waals surface area contributed by atoms with E-state index < -0.39 is 0 Å². The molecule has 1 aliphatic carbocycles. The predicted octanol–water partition coefficient (Wildman–Crippen LogP) is 1.07. The monoisotopic (exact) mass is 265 g/mol. The number of piperazine rings is 1. The third-order valence-corrected chi connectivity index (χ3v) is 5.25. The summed E-state index contributed by atoms with van der Waals surface area (Å²) in [6.07, 6.45) is 6.26. The summed E-state index contributed by atoms with van der Waals surface area (Å²) >= 11 is 0. The Bertz CT molecular complexity index is 327. The van der Waals surface area contributed by atoms with Crippen molar-refractivity contribution in [3.8, 4) is 0 Å². The molecule has 1 saturated carbocycles. The second-order valence-electron chi connectivity index (χ2n) is 6.45. The van der Waals surface area contributed by atoms with Gasteiger partial charge in [-0.05, 0) is 38.1 Å². The molecule has 1 N–H and O–H groups in total. The second kappa shape index (κ2) is 5.80. The van der Waals surface area contributed by atoms with Gasteiger partial charge >= 0.3 is 0 Å². The minimum absolute atomic E-state index is 0.184. The number of hydrogen-bond acceptors (Lipinski definition) is 3. The Labute approximate surface area is 116 Å². The summed E-state index contributed by atoms with van der Waals surface area (Å²) in [6.45, 7) is 7.20. The standard InChI is InChI=1S/C15H27N3O/c1-12-4-2-5-13(12)18-9-3-6-14(18)15(19)17-10-7-16-8-11-17/h12-14,16H,2-11H2,1H3. The van der Waals surface area contributed by atoms with Gasteiger partial charge in [-0.25, -0.2) is 0 Å². The fourth-order valence-corrected chi connectivity index (χ4v) is 4.17. The number of rotatable bonds is 2. The highest BCUT2D eigenvalue weighted by molar-refractivity contribution is 5.82. The van der Waals surface area contributed by atoms with Crippen molar-refractivity contribution in [2.45, 2.75) is 51.1 Å². The van der Waals surface area contributed by atoms with Crippen LogP contribution in [0.2, 0.25) is 0 Å². The van der Waals surface area contributed by atoms with Crippen LogP contribution in [0.1, 0.15) is 39.0 Å². The molecule has 108 valence electrons. The molecular formula is C15H27N3O. The molecule has 2 saturated heterocycles. The SMILES string of the molecule is CC1CCCC1N1CCCC1C(=O)N1CCNCC1. The summed E-state index contributed by atoms with van der Waals surface area (Å²) in [4.78, 5) is 17.4. The van der Waals surface area contributed by atoms with Gasteiger partial charge in [-0.2, -0.15) is 0 Å². The second-order valence-corrected chi connectivity index (χ2v) is 6.45. The minimum atomic E-state index is 0.184. The topological polar surface area (TPSA) is 35.6 Å². The Morgan fingerprint density at radius 2 is 1.84 bits per heavy atom. The average Bonchev–Trinajstić information content (AvgIpc) is 3.07. The van der Waals surface area contributed by atoms with Crippen molar-refractivity contribution < 1.29 is 4.79 Å². The number of hydrogen-bond donors (Lipinski definition) is 1. The molecule has 0 aromatic carbocycles. The molecule has 4 heteroatoms. The summed E-state index contributed by atoms with van der Waals surface area (Å²) in [5.74, 6) is 1.18. The molecule has 4 nitrogen and oxygen atoms in total. The molecule has 1 amide bonds. The van der Waals surface area contributed by atoms with Gasteiger partial charge in [-0.1, -0.05) is 13.3 Å². The molecule has 3 fully saturated rings. The summed E-state index contributed by atoms with van der Waals surface area (Å²) in [5.41, 5.74) is 0. The van der Waals surface area contributed by atoms with E-state index in [1.807, 2.05) is 0 Å². The number of carbonyl (C=O) groups excluding carboxylic acids is 1. The first-order valence-electron chi connectivity index (χ1n) is 8.02. The maximum absolute atomic E-state index is 12.7. The van der Waals surface area contributed by atoms with Crippen LogP contribution in [0.4, 0.5) is 0 Å². The maximum atomic E-state index is 12.7. The number of amides is 1. The molecule has 2 heterocycles. The Kier molecular flexibility index (Phi) is 4.08. The number of carbonyl (C=O) groups is 1. The zero-order chi connectivity index (χ0) is 13.2. The van der Waals surface area contributed by atoms with Crippen LogP contribution >= 0.6 is 0 Å². The first kappa shape index (κ1) is 13.4. The maximum Gasteiger partial charge on any atom is 0.240 e. The van der Waals surface area contributed by atoms with Crippen molar-refractivity contribution in [3.05, 3.63) is 0 Å². The molecule has 3 unspecified atom stereocenters. The van der Waals surface area contributed by atoms with E-state index in [0.29, 0.717) is 11.9 Å². The van der Waals surface area contributed by atoms with E-state index in [-0.39, 0.29) is 6.04 Å². The Hall–Kier alpha value is -0.610. The van der Waals surface area contributed by atoms with Crippen LogP contribution in [0.15, 0.2) is 0 Å². The molecule has 2 aliphatic heterocycles. The van der Waals surface area contributed by atoms with Crippen molar-refractivity contribution >= 4 is 5.91 Å². The van der Waals surface area contributed by atoms with Gasteiger partial charge in [0.2, 0.25) is 5.91 Å². The molecule has 0 bridgehead atoms. The highest BCUT2D eigenvalue weighted by atomic mass is 16.2. The smallest absolute Gasteiger partial charge is 0.240 e. The van der Waals surface area contributed by atoms with Crippen molar-refractivity contribution in [3.63, 3.8) is 0 Å². The van der Waals surface area contributed by atoms with Crippen LogP contribution in [0.5, 0.6) is 0 Å². The fourth-order valence-electron chi connectivity index (χ4n) is 4.17. The molecule has 0 aromatic rings. The molecule has 0 aromatic heterocycles. The summed E-state index contributed by atoms with van der Waals surface area (Å²) in [5, 5.41) is 3.33. The molecule has 3 aliphatic rings. The van der Waals surface area contributed by atoms with E-state index in [0.717, 1.165) is 45.1 Å². The van der Waals surface area contributed by atoms with Crippen LogP contribution < -0.4 is 5.32 Å². The number of likely N-dealkylation sites (tertiary alicyclic amines) is 1. The number of nitrogens with one attached hydrogen (secondary N) is 1. The van der Waals surface area contributed by atoms with Gasteiger partial charge in [-0.3, -0.25) is 9.69 Å². The van der Waals surface area contributed by atoms with Crippen LogP contribution in [0, 0.1) is 5.92 Å². The quantitative estimate of drug-likeness (QED) is 0.811. The van der Waals surface area contributed by atoms with Crippen LogP contribution in [0.3, 0.4) is 0 Å². The van der Waals surface area contributed by atoms with E-state index in [4.69, 9.17) is 0 Å². The Balaban J connectivity index is 1.66. The minimum Gasteiger partial charge on any atom is -0.339 e. The lowest BCUT2D eigenvalue weighted by atomic mass is 10.0. The zero-order valence-electron chi connectivity index (χ0n) is 12.1. The van der Waals surface area contributed by atoms with E-state index in [2.05, 4.69) is 22.0 Å². The normalized spacial score (nSPS) is 36.9. The van der Waals surface area contributed by atoms with Gasteiger partial charge in [0.05, 0.1) is 6.04 Å². The Morgan fingerprint density at radius 1 is 1.05 bits per heavy atom. The summed E-state index contributed by atoms with van der Waals surface area (Å²) in [7, 11) is 0. The van der Waals surface area contributed by atoms with E-state index in [1.165, 1.54) is 25.7 Å². The van der Waals surface area contributed by atoms with E-state index >= 15 is 0 Å². The van der Waals surface area contributed by atoms with Crippen molar-refractivity contribution in [1.29, 1.82) is 0 Å². The third kappa shape index (κ3) is 2.65. The van der Waals surface area contributed by atoms with Crippen LogP contribution in [0.25, 0.3) is 0 Å². The largest absolute Gasteiger partial charge is 0.339 e. The first-order valence-corrected chi connectivity index (χ1v) is 8.02. The lowest BCUT2D eigenvalue weighted by Crippen LogP contribution is -2.54. The summed E-state index contributed by atoms with van der Waals surface area (Å²) in [6, 6.07) is 0.850. The fraction of sp³-hybridized carbons (Fsp3) is 0.933. The summed E-state index contributed by atoms with van der Waals surface area (Å²) < 4.78 is 0. The lowest BCUT2D eigenvalue weighted by molar-refractivity contribution is -0.137. The van der Waals surface area contributed by atoms with Crippen LogP contribution in [-0.2, 0) is 4.79 Å². The molecule has 0 radical (unpaired) electrons. The van der Waals surface area contributed by atoms with Gasteiger partial charge in [0.25, 0.3) is 0 Å². The van der Waals surface area contributed by atoms with Gasteiger partial charge in [0.15, 0.2) is 0 Å². The van der Waals surface area contributed by atoms with E-state index in [9.17, 15) is 4.79 Å². The molecular weight excluding hydrogens is 238 g/mol. The van der Waals surface area contributed by atoms with E-state index in [1.54, 1.807) is 0 Å². The Morgan fingerprint density at radius 3 is 2.53 bits per heavy atom. The molecule has 0 spiro atoms. The van der Waals surface area contributed by atoms with Gasteiger partial charge in [-0.15, -0.1) is 0 Å². The number of nitrogens with zero attached hydrogens (tertiary/aromatic N) is 2. The van der Waals surface area contributed by atoms with Gasteiger partial charge in [0.1, 0.15) is 0 Å². The highest BCUT2D eigenvalue weighted by Gasteiger charge is 2.40. The zero-order valence-corrected chi connectivity index (χ0v) is 12.1. The molecule has 19 heavy (non-hydrogen) atoms. The first-order chi connectivity index (χ1) is 9.27. The average molecular weight is 265 g/mol. The highest BCUT2D eigenvalue weighted by Crippen LogP contribution is 2.34. The molecule has 3 atom stereocenters. The predicted molar refractivity (Wildman–Crippen MR) is 76.0 cm³/mol. The lowest BCUT2D eigenvalue weighted by Gasteiger charge is -2.36. The van der Waals surface area contributed by atoms with Gasteiger partial charge < -0.3 is 10.2 Å².